The molecule has 2 N–H and O–H groups in total. The molecule has 0 spiro atoms. The number of anilines is 1. The molecule has 4 rings (SSSR count). The Balaban J connectivity index is 1.75. The molecule has 1 aromatic carbocycles. The van der Waals surface area contributed by atoms with Gasteiger partial charge in [-0.15, -0.1) is 21.5 Å². The van der Waals surface area contributed by atoms with Crippen molar-refractivity contribution >= 4 is 27.9 Å². The monoisotopic (exact) mass is 310 g/mol. The maximum Gasteiger partial charge on any atom is 0.156 e. The molecule has 0 amide bonds. The third kappa shape index (κ3) is 2.58. The molecule has 1 aliphatic heterocycles. The number of benzene rings is 1. The molecular weight excluding hydrogens is 292 g/mol. The fourth-order valence-electron chi connectivity index (χ4n) is 2.97. The van der Waals surface area contributed by atoms with Crippen LogP contribution >= 0.6 is 11.3 Å². The lowest BCUT2D eigenvalue weighted by Gasteiger charge is -2.24. The van der Waals surface area contributed by atoms with E-state index in [1.54, 1.807) is 11.3 Å². The number of nitrogens with zero attached hydrogens (tertiary/aromatic N) is 2. The quantitative estimate of drug-likeness (QED) is 0.777. The molecule has 0 atom stereocenters. The number of nitrogens with one attached hydrogen (secondary N) is 2. The molecule has 3 heterocycles. The summed E-state index contributed by atoms with van der Waals surface area (Å²) in [7, 11) is 0. The van der Waals surface area contributed by atoms with Gasteiger partial charge in [-0.1, -0.05) is 30.3 Å². The smallest absolute Gasteiger partial charge is 0.156 e. The van der Waals surface area contributed by atoms with Gasteiger partial charge in [-0.05, 0) is 37.4 Å². The number of fused-ring (bicyclic) bond motifs is 1. The van der Waals surface area contributed by atoms with Gasteiger partial charge in [0.2, 0.25) is 0 Å². The minimum absolute atomic E-state index is 0.478. The fourth-order valence-corrected chi connectivity index (χ4v) is 3.69. The highest BCUT2D eigenvalue weighted by molar-refractivity contribution is 7.13. The van der Waals surface area contributed by atoms with Crippen LogP contribution in [0.25, 0.3) is 21.3 Å². The highest BCUT2D eigenvalue weighted by Gasteiger charge is 2.16. The number of aromatic nitrogens is 2. The van der Waals surface area contributed by atoms with Gasteiger partial charge in [0, 0.05) is 16.8 Å². The molecule has 0 saturated carbocycles. The second-order valence-corrected chi connectivity index (χ2v) is 6.54. The molecule has 0 aliphatic carbocycles. The third-order valence-electron chi connectivity index (χ3n) is 4.12. The van der Waals surface area contributed by atoms with Crippen molar-refractivity contribution in [2.24, 2.45) is 0 Å². The number of hydrogen-bond donors (Lipinski definition) is 2. The zero-order chi connectivity index (χ0) is 14.8. The van der Waals surface area contributed by atoms with Crippen LogP contribution in [0, 0.1) is 0 Å². The van der Waals surface area contributed by atoms with Crippen LogP contribution in [0.1, 0.15) is 12.8 Å². The Morgan fingerprint density at radius 1 is 1.00 bits per heavy atom. The summed E-state index contributed by atoms with van der Waals surface area (Å²) in [6.07, 6.45) is 2.26. The van der Waals surface area contributed by atoms with Crippen LogP contribution in [-0.2, 0) is 0 Å². The zero-order valence-electron chi connectivity index (χ0n) is 12.2. The highest BCUT2D eigenvalue weighted by atomic mass is 32.1. The van der Waals surface area contributed by atoms with E-state index in [2.05, 4.69) is 62.6 Å². The van der Waals surface area contributed by atoms with Crippen LogP contribution in [0.5, 0.6) is 0 Å². The van der Waals surface area contributed by atoms with Gasteiger partial charge in [-0.25, -0.2) is 0 Å². The first kappa shape index (κ1) is 13.7. The Bertz CT molecular complexity index is 763. The van der Waals surface area contributed by atoms with Crippen LogP contribution in [0.2, 0.25) is 0 Å². The van der Waals surface area contributed by atoms with Gasteiger partial charge in [0.1, 0.15) is 5.69 Å². The van der Waals surface area contributed by atoms with E-state index < -0.39 is 0 Å². The van der Waals surface area contributed by atoms with Crippen molar-refractivity contribution in [2.75, 3.05) is 18.4 Å². The van der Waals surface area contributed by atoms with Crippen LogP contribution in [0.4, 0.5) is 5.82 Å². The van der Waals surface area contributed by atoms with Crippen molar-refractivity contribution in [1.82, 2.24) is 15.5 Å². The molecule has 1 aliphatic rings. The number of thiophene rings is 1. The summed E-state index contributed by atoms with van der Waals surface area (Å²) in [6.45, 7) is 2.13. The standard InChI is InChI=1S/C17H18N4S/c1-2-5-14-13(4-1)16(15-6-3-11-22-15)20-21-17(14)19-12-7-9-18-10-8-12/h1-6,11-12,18H,7-10H2,(H,19,21). The third-order valence-corrected chi connectivity index (χ3v) is 5.00. The number of hydrogen-bond acceptors (Lipinski definition) is 5. The first-order chi connectivity index (χ1) is 10.9. The van der Waals surface area contributed by atoms with Crippen molar-refractivity contribution in [3.05, 3.63) is 41.8 Å². The van der Waals surface area contributed by atoms with E-state index in [9.17, 15) is 0 Å². The van der Waals surface area contributed by atoms with Crippen molar-refractivity contribution < 1.29 is 0 Å². The van der Waals surface area contributed by atoms with Gasteiger partial charge in [0.25, 0.3) is 0 Å². The van der Waals surface area contributed by atoms with E-state index >= 15 is 0 Å². The van der Waals surface area contributed by atoms with Gasteiger partial charge in [0.05, 0.1) is 4.88 Å². The Morgan fingerprint density at radius 3 is 2.59 bits per heavy atom. The number of rotatable bonds is 3. The van der Waals surface area contributed by atoms with E-state index in [-0.39, 0.29) is 0 Å². The van der Waals surface area contributed by atoms with Crippen molar-refractivity contribution in [3.8, 4) is 10.6 Å². The largest absolute Gasteiger partial charge is 0.365 e. The van der Waals surface area contributed by atoms with E-state index in [4.69, 9.17) is 0 Å². The molecule has 3 aromatic rings. The fraction of sp³-hybridized carbons (Fsp3) is 0.294. The summed E-state index contributed by atoms with van der Waals surface area (Å²) in [5.41, 5.74) is 0.974. The van der Waals surface area contributed by atoms with Gasteiger partial charge in [-0.3, -0.25) is 0 Å². The molecule has 0 bridgehead atoms. The first-order valence-electron chi connectivity index (χ1n) is 7.68. The lowest BCUT2D eigenvalue weighted by atomic mass is 10.1. The van der Waals surface area contributed by atoms with Crippen molar-refractivity contribution in [1.29, 1.82) is 0 Å². The SMILES string of the molecule is c1csc(-c2nnc(NC3CCNCC3)c3ccccc23)c1. The number of piperidine rings is 1. The van der Waals surface area contributed by atoms with E-state index in [0.29, 0.717) is 6.04 Å². The van der Waals surface area contributed by atoms with Gasteiger partial charge >= 0.3 is 0 Å². The van der Waals surface area contributed by atoms with Crippen LogP contribution in [-0.4, -0.2) is 29.3 Å². The maximum atomic E-state index is 4.50. The van der Waals surface area contributed by atoms with E-state index in [1.807, 2.05) is 0 Å². The van der Waals surface area contributed by atoms with Crippen molar-refractivity contribution in [3.63, 3.8) is 0 Å². The molecule has 5 heteroatoms. The molecule has 2 aromatic heterocycles. The predicted molar refractivity (Wildman–Crippen MR) is 92.4 cm³/mol. The second-order valence-electron chi connectivity index (χ2n) is 5.59. The summed E-state index contributed by atoms with van der Waals surface area (Å²) in [6, 6.07) is 13.0. The summed E-state index contributed by atoms with van der Waals surface area (Å²) >= 11 is 1.70. The Labute approximate surface area is 133 Å². The van der Waals surface area contributed by atoms with Gasteiger partial charge in [-0.2, -0.15) is 0 Å². The summed E-state index contributed by atoms with van der Waals surface area (Å²) < 4.78 is 0. The van der Waals surface area contributed by atoms with Gasteiger partial charge in [0.15, 0.2) is 5.82 Å². The molecule has 0 radical (unpaired) electrons. The Kier molecular flexibility index (Phi) is 3.74. The molecule has 112 valence electrons. The molecular formula is C17H18N4S. The van der Waals surface area contributed by atoms with E-state index in [0.717, 1.165) is 53.1 Å². The summed E-state index contributed by atoms with van der Waals surface area (Å²) in [4.78, 5) is 1.16. The van der Waals surface area contributed by atoms with Crippen LogP contribution in [0.15, 0.2) is 41.8 Å². The van der Waals surface area contributed by atoms with E-state index in [1.165, 1.54) is 0 Å². The maximum absolute atomic E-state index is 4.50. The highest BCUT2D eigenvalue weighted by Crippen LogP contribution is 2.32. The summed E-state index contributed by atoms with van der Waals surface area (Å²) in [5, 5.41) is 20.3. The first-order valence-corrected chi connectivity index (χ1v) is 8.56. The summed E-state index contributed by atoms with van der Waals surface area (Å²) in [5.74, 6) is 0.905. The van der Waals surface area contributed by atoms with Crippen LogP contribution in [0.3, 0.4) is 0 Å². The lowest BCUT2D eigenvalue weighted by molar-refractivity contribution is 0.478. The predicted octanol–water partition coefficient (Wildman–Crippen LogP) is 3.52. The van der Waals surface area contributed by atoms with Gasteiger partial charge < -0.3 is 10.6 Å². The zero-order valence-corrected chi connectivity index (χ0v) is 13.1. The van der Waals surface area contributed by atoms with Crippen LogP contribution < -0.4 is 10.6 Å². The minimum atomic E-state index is 0.478. The molecule has 0 unspecified atom stereocenters. The molecule has 1 fully saturated rings. The normalized spacial score (nSPS) is 16.0. The molecule has 1 saturated heterocycles. The Hall–Kier alpha value is -1.98. The lowest BCUT2D eigenvalue weighted by Crippen LogP contribution is -2.35. The Morgan fingerprint density at radius 2 is 1.82 bits per heavy atom. The minimum Gasteiger partial charge on any atom is -0.365 e. The van der Waals surface area contributed by atoms with Crippen molar-refractivity contribution in [2.45, 2.75) is 18.9 Å². The average Bonchev–Trinajstić information content (AvgIpc) is 3.10. The molecule has 22 heavy (non-hydrogen) atoms. The second kappa shape index (κ2) is 6.02. The topological polar surface area (TPSA) is 49.8 Å². The average molecular weight is 310 g/mol. The molecule has 4 nitrogen and oxygen atoms in total.